The number of rotatable bonds is 6. The molecule has 0 radical (unpaired) electrons. The summed E-state index contributed by atoms with van der Waals surface area (Å²) >= 11 is 0. The van der Waals surface area contributed by atoms with Gasteiger partial charge in [0.2, 0.25) is 5.65 Å². The van der Waals surface area contributed by atoms with E-state index in [0.717, 1.165) is 56.7 Å². The molecular weight excluding hydrogens is 268 g/mol. The molecule has 3 rings (SSSR count). The first-order chi connectivity index (χ1) is 10.3. The largest absolute Gasteiger partial charge is 0.378 e. The predicted octanol–water partition coefficient (Wildman–Crippen LogP) is 1.21. The summed E-state index contributed by atoms with van der Waals surface area (Å²) in [5, 5.41) is 11.2. The van der Waals surface area contributed by atoms with Crippen molar-refractivity contribution in [2.24, 2.45) is 5.73 Å². The van der Waals surface area contributed by atoms with Crippen LogP contribution in [-0.4, -0.2) is 44.9 Å². The maximum atomic E-state index is 5.89. The molecule has 2 heterocycles. The molecule has 0 saturated heterocycles. The molecule has 114 valence electrons. The van der Waals surface area contributed by atoms with Crippen molar-refractivity contribution < 1.29 is 4.74 Å². The molecule has 0 aromatic carbocycles. The van der Waals surface area contributed by atoms with Crippen molar-refractivity contribution >= 4 is 11.5 Å². The Morgan fingerprint density at radius 3 is 3.05 bits per heavy atom. The number of anilines is 1. The minimum Gasteiger partial charge on any atom is -0.378 e. The first-order valence-electron chi connectivity index (χ1n) is 7.58. The molecular formula is C14H22N6O. The highest BCUT2D eigenvalue weighted by atomic mass is 16.5. The van der Waals surface area contributed by atoms with Crippen LogP contribution in [0.25, 0.3) is 5.65 Å². The Morgan fingerprint density at radius 2 is 2.19 bits per heavy atom. The first kappa shape index (κ1) is 14.2. The molecule has 7 nitrogen and oxygen atoms in total. The Hall–Kier alpha value is -1.73. The van der Waals surface area contributed by atoms with Gasteiger partial charge in [0, 0.05) is 31.6 Å². The Bertz CT molecular complexity index is 563. The van der Waals surface area contributed by atoms with E-state index in [-0.39, 0.29) is 0 Å². The lowest BCUT2D eigenvalue weighted by molar-refractivity contribution is 0.0251. The summed E-state index contributed by atoms with van der Waals surface area (Å²) in [5.74, 6) is 0.763. The summed E-state index contributed by atoms with van der Waals surface area (Å²) in [6.07, 6.45) is 10.9. The lowest BCUT2D eigenvalue weighted by Gasteiger charge is -2.26. The van der Waals surface area contributed by atoms with Crippen LogP contribution in [0.15, 0.2) is 18.7 Å². The summed E-state index contributed by atoms with van der Waals surface area (Å²) in [4.78, 5) is 4.29. The molecule has 1 fully saturated rings. The third-order valence-electron chi connectivity index (χ3n) is 3.90. The van der Waals surface area contributed by atoms with Gasteiger partial charge in [0.1, 0.15) is 6.33 Å². The molecule has 0 spiro atoms. The standard InChI is InChI=1S/C14H22N6O/c15-11-2-4-12(5-3-11)21-9-1-6-16-13-14-19-18-10-20(14)8-7-17-13/h7-8,10-12H,1-6,9,15H2,(H,16,17). The van der Waals surface area contributed by atoms with Crippen LogP contribution in [0.4, 0.5) is 5.82 Å². The molecule has 0 aliphatic heterocycles. The van der Waals surface area contributed by atoms with E-state index >= 15 is 0 Å². The van der Waals surface area contributed by atoms with Gasteiger partial charge in [0.15, 0.2) is 5.82 Å². The van der Waals surface area contributed by atoms with E-state index < -0.39 is 0 Å². The molecule has 7 heteroatoms. The summed E-state index contributed by atoms with van der Waals surface area (Å²) in [6, 6.07) is 0.376. The molecule has 0 atom stereocenters. The van der Waals surface area contributed by atoms with Crippen molar-refractivity contribution in [1.82, 2.24) is 19.6 Å². The zero-order chi connectivity index (χ0) is 14.5. The quantitative estimate of drug-likeness (QED) is 0.777. The van der Waals surface area contributed by atoms with Crippen LogP contribution in [0, 0.1) is 0 Å². The number of hydrogen-bond acceptors (Lipinski definition) is 6. The molecule has 0 bridgehead atoms. The summed E-state index contributed by atoms with van der Waals surface area (Å²) in [5.41, 5.74) is 6.64. The van der Waals surface area contributed by atoms with Crippen LogP contribution >= 0.6 is 0 Å². The van der Waals surface area contributed by atoms with E-state index in [4.69, 9.17) is 10.5 Å². The Labute approximate surface area is 123 Å². The third kappa shape index (κ3) is 3.68. The summed E-state index contributed by atoms with van der Waals surface area (Å²) < 4.78 is 7.74. The van der Waals surface area contributed by atoms with Crippen LogP contribution < -0.4 is 11.1 Å². The average molecular weight is 290 g/mol. The van der Waals surface area contributed by atoms with Crippen molar-refractivity contribution in [3.63, 3.8) is 0 Å². The zero-order valence-corrected chi connectivity index (χ0v) is 12.1. The highest BCUT2D eigenvalue weighted by Crippen LogP contribution is 2.19. The van der Waals surface area contributed by atoms with Gasteiger partial charge < -0.3 is 15.8 Å². The minimum atomic E-state index is 0.376. The van der Waals surface area contributed by atoms with Crippen LogP contribution in [0.3, 0.4) is 0 Å². The van der Waals surface area contributed by atoms with E-state index in [2.05, 4.69) is 20.5 Å². The highest BCUT2D eigenvalue weighted by Gasteiger charge is 2.18. The molecule has 2 aromatic rings. The van der Waals surface area contributed by atoms with Crippen molar-refractivity contribution in [2.45, 2.75) is 44.2 Å². The van der Waals surface area contributed by atoms with E-state index in [1.54, 1.807) is 12.5 Å². The van der Waals surface area contributed by atoms with E-state index in [1.807, 2.05) is 10.6 Å². The van der Waals surface area contributed by atoms with Crippen molar-refractivity contribution in [2.75, 3.05) is 18.5 Å². The molecule has 3 N–H and O–H groups in total. The van der Waals surface area contributed by atoms with Gasteiger partial charge in [-0.2, -0.15) is 0 Å². The van der Waals surface area contributed by atoms with E-state index in [1.165, 1.54) is 0 Å². The van der Waals surface area contributed by atoms with Crippen LogP contribution in [0.2, 0.25) is 0 Å². The van der Waals surface area contributed by atoms with Crippen molar-refractivity contribution in [3.8, 4) is 0 Å². The monoisotopic (exact) mass is 290 g/mol. The maximum absolute atomic E-state index is 5.89. The minimum absolute atomic E-state index is 0.376. The number of fused-ring (bicyclic) bond motifs is 1. The summed E-state index contributed by atoms with van der Waals surface area (Å²) in [7, 11) is 0. The van der Waals surface area contributed by atoms with Crippen LogP contribution in [-0.2, 0) is 4.74 Å². The first-order valence-corrected chi connectivity index (χ1v) is 7.58. The number of hydrogen-bond donors (Lipinski definition) is 2. The number of aromatic nitrogens is 4. The van der Waals surface area contributed by atoms with E-state index in [0.29, 0.717) is 12.1 Å². The SMILES string of the molecule is NC1CCC(OCCCNc2nccn3cnnc23)CC1. The lowest BCUT2D eigenvalue weighted by Crippen LogP contribution is -2.30. The molecule has 2 aromatic heterocycles. The fraction of sp³-hybridized carbons (Fsp3) is 0.643. The number of nitrogens with zero attached hydrogens (tertiary/aromatic N) is 4. The lowest BCUT2D eigenvalue weighted by atomic mass is 9.94. The second kappa shape index (κ2) is 6.82. The molecule has 1 aliphatic carbocycles. The topological polar surface area (TPSA) is 90.4 Å². The Morgan fingerprint density at radius 1 is 1.33 bits per heavy atom. The van der Waals surface area contributed by atoms with Gasteiger partial charge in [-0.15, -0.1) is 10.2 Å². The molecule has 1 saturated carbocycles. The van der Waals surface area contributed by atoms with Gasteiger partial charge in [-0.25, -0.2) is 4.98 Å². The Kier molecular flexibility index (Phi) is 4.62. The molecule has 0 amide bonds. The number of ether oxygens (including phenoxy) is 1. The number of nitrogens with two attached hydrogens (primary N) is 1. The van der Waals surface area contributed by atoms with Crippen molar-refractivity contribution in [1.29, 1.82) is 0 Å². The van der Waals surface area contributed by atoms with Gasteiger partial charge in [-0.05, 0) is 32.1 Å². The van der Waals surface area contributed by atoms with Gasteiger partial charge in [-0.3, -0.25) is 4.40 Å². The Balaban J connectivity index is 1.38. The van der Waals surface area contributed by atoms with Gasteiger partial charge >= 0.3 is 0 Å². The second-order valence-corrected chi connectivity index (χ2v) is 5.53. The highest BCUT2D eigenvalue weighted by molar-refractivity contribution is 5.61. The molecule has 1 aliphatic rings. The normalized spacial score (nSPS) is 22.5. The second-order valence-electron chi connectivity index (χ2n) is 5.53. The van der Waals surface area contributed by atoms with Crippen molar-refractivity contribution in [3.05, 3.63) is 18.7 Å². The van der Waals surface area contributed by atoms with Gasteiger partial charge in [0.25, 0.3) is 0 Å². The third-order valence-corrected chi connectivity index (χ3v) is 3.90. The smallest absolute Gasteiger partial charge is 0.203 e. The zero-order valence-electron chi connectivity index (χ0n) is 12.1. The van der Waals surface area contributed by atoms with Crippen LogP contribution in [0.1, 0.15) is 32.1 Å². The average Bonchev–Trinajstić information content (AvgIpc) is 2.98. The van der Waals surface area contributed by atoms with E-state index in [9.17, 15) is 0 Å². The van der Waals surface area contributed by atoms with Gasteiger partial charge in [0.05, 0.1) is 6.10 Å². The van der Waals surface area contributed by atoms with Crippen LogP contribution in [0.5, 0.6) is 0 Å². The molecule has 21 heavy (non-hydrogen) atoms. The predicted molar refractivity (Wildman–Crippen MR) is 80.1 cm³/mol. The summed E-state index contributed by atoms with van der Waals surface area (Å²) in [6.45, 7) is 1.58. The fourth-order valence-corrected chi connectivity index (χ4v) is 2.67. The van der Waals surface area contributed by atoms with Gasteiger partial charge in [-0.1, -0.05) is 0 Å². The molecule has 0 unspecified atom stereocenters. The fourth-order valence-electron chi connectivity index (χ4n) is 2.67. The maximum Gasteiger partial charge on any atom is 0.203 e. The number of nitrogens with one attached hydrogen (secondary N) is 1.